The Balaban J connectivity index is 2.45. The van der Waals surface area contributed by atoms with Gasteiger partial charge >= 0.3 is 0 Å². The first-order chi connectivity index (χ1) is 6.33. The number of aryl methyl sites for hydroxylation is 1. The van der Waals surface area contributed by atoms with Gasteiger partial charge in [0.1, 0.15) is 0 Å². The van der Waals surface area contributed by atoms with Crippen LogP contribution in [0.4, 0.5) is 0 Å². The Labute approximate surface area is 78.7 Å². The molecule has 13 heavy (non-hydrogen) atoms. The van der Waals surface area contributed by atoms with Gasteiger partial charge in [0, 0.05) is 6.54 Å². The fourth-order valence-corrected chi connectivity index (χ4v) is 1.96. The van der Waals surface area contributed by atoms with Gasteiger partial charge in [-0.25, -0.2) is 0 Å². The van der Waals surface area contributed by atoms with Crippen LogP contribution in [0.2, 0.25) is 0 Å². The van der Waals surface area contributed by atoms with Gasteiger partial charge in [-0.2, -0.15) is 0 Å². The lowest BCUT2D eigenvalue weighted by Gasteiger charge is -2.26. The molecule has 1 aromatic rings. The van der Waals surface area contributed by atoms with Crippen LogP contribution in [-0.2, 0) is 11.2 Å². The van der Waals surface area contributed by atoms with Crippen molar-refractivity contribution in [1.29, 1.82) is 0 Å². The van der Waals surface area contributed by atoms with Gasteiger partial charge in [-0.15, -0.1) is 0 Å². The highest BCUT2D eigenvalue weighted by molar-refractivity contribution is 5.37. The second-order valence-corrected chi connectivity index (χ2v) is 3.49. The molecule has 2 nitrogen and oxygen atoms in total. The van der Waals surface area contributed by atoms with E-state index in [9.17, 15) is 0 Å². The fraction of sp³-hybridized carbons (Fsp3) is 0.455. The highest BCUT2D eigenvalue weighted by Crippen LogP contribution is 2.27. The summed E-state index contributed by atoms with van der Waals surface area (Å²) in [6.45, 7) is 3.54. The van der Waals surface area contributed by atoms with Crippen LogP contribution in [0.5, 0.6) is 0 Å². The van der Waals surface area contributed by atoms with Crippen molar-refractivity contribution in [3.63, 3.8) is 0 Å². The van der Waals surface area contributed by atoms with E-state index in [1.165, 1.54) is 16.7 Å². The lowest BCUT2D eigenvalue weighted by Crippen LogP contribution is -2.23. The molecule has 0 unspecified atom stereocenters. The van der Waals surface area contributed by atoms with E-state index in [1.54, 1.807) is 0 Å². The summed E-state index contributed by atoms with van der Waals surface area (Å²) in [5.74, 6) is 0. The molecule has 1 aromatic carbocycles. The van der Waals surface area contributed by atoms with Gasteiger partial charge in [-0.05, 0) is 30.0 Å². The number of benzene rings is 1. The van der Waals surface area contributed by atoms with Crippen molar-refractivity contribution < 1.29 is 4.74 Å². The third kappa shape index (κ3) is 1.47. The molecule has 0 bridgehead atoms. The van der Waals surface area contributed by atoms with Crippen LogP contribution >= 0.6 is 0 Å². The Bertz CT molecular complexity index is 309. The molecule has 1 aliphatic rings. The molecular formula is C11H15NO. The van der Waals surface area contributed by atoms with Gasteiger partial charge in [0.15, 0.2) is 0 Å². The average molecular weight is 177 g/mol. The second kappa shape index (κ2) is 3.48. The lowest BCUT2D eigenvalue weighted by atomic mass is 9.94. The highest BCUT2D eigenvalue weighted by atomic mass is 16.5. The summed E-state index contributed by atoms with van der Waals surface area (Å²) in [5.41, 5.74) is 9.72. The Morgan fingerprint density at radius 1 is 1.54 bits per heavy atom. The fourth-order valence-electron chi connectivity index (χ4n) is 1.96. The van der Waals surface area contributed by atoms with Gasteiger partial charge in [0.2, 0.25) is 0 Å². The number of rotatable bonds is 1. The van der Waals surface area contributed by atoms with Crippen molar-refractivity contribution in [2.75, 3.05) is 13.2 Å². The van der Waals surface area contributed by atoms with Gasteiger partial charge in [0.05, 0.1) is 12.7 Å². The standard InChI is InChI=1S/C11H15NO/c1-8-3-2-4-10-9(8)5-6-13-11(10)7-12/h2-4,11H,5-7,12H2,1H3/t11-/m1/s1. The summed E-state index contributed by atoms with van der Waals surface area (Å²) < 4.78 is 5.58. The molecule has 2 heteroatoms. The van der Waals surface area contributed by atoms with Gasteiger partial charge < -0.3 is 10.5 Å². The number of hydrogen-bond donors (Lipinski definition) is 1. The summed E-state index contributed by atoms with van der Waals surface area (Å²) in [7, 11) is 0. The van der Waals surface area contributed by atoms with E-state index in [2.05, 4.69) is 25.1 Å². The maximum Gasteiger partial charge on any atom is 0.0949 e. The van der Waals surface area contributed by atoms with E-state index in [0.717, 1.165) is 13.0 Å². The van der Waals surface area contributed by atoms with Crippen LogP contribution in [-0.4, -0.2) is 13.2 Å². The Morgan fingerprint density at radius 3 is 3.15 bits per heavy atom. The minimum absolute atomic E-state index is 0.114. The van der Waals surface area contributed by atoms with Crippen LogP contribution in [0.1, 0.15) is 22.8 Å². The van der Waals surface area contributed by atoms with Crippen LogP contribution in [0, 0.1) is 6.92 Å². The first kappa shape index (κ1) is 8.73. The summed E-state index contributed by atoms with van der Waals surface area (Å²) in [4.78, 5) is 0. The van der Waals surface area contributed by atoms with E-state index >= 15 is 0 Å². The van der Waals surface area contributed by atoms with Crippen molar-refractivity contribution >= 4 is 0 Å². The van der Waals surface area contributed by atoms with E-state index in [-0.39, 0.29) is 6.10 Å². The monoisotopic (exact) mass is 177 g/mol. The van der Waals surface area contributed by atoms with Crippen LogP contribution in [0.25, 0.3) is 0 Å². The molecule has 0 spiro atoms. The average Bonchev–Trinajstić information content (AvgIpc) is 2.18. The van der Waals surface area contributed by atoms with Crippen molar-refractivity contribution in [2.24, 2.45) is 5.73 Å². The zero-order valence-electron chi connectivity index (χ0n) is 7.92. The Kier molecular flexibility index (Phi) is 2.34. The zero-order chi connectivity index (χ0) is 9.26. The van der Waals surface area contributed by atoms with Gasteiger partial charge in [-0.1, -0.05) is 18.2 Å². The molecule has 0 aliphatic carbocycles. The predicted molar refractivity (Wildman–Crippen MR) is 52.6 cm³/mol. The largest absolute Gasteiger partial charge is 0.372 e. The smallest absolute Gasteiger partial charge is 0.0949 e. The Hall–Kier alpha value is -0.860. The third-order valence-corrected chi connectivity index (χ3v) is 2.68. The minimum Gasteiger partial charge on any atom is -0.372 e. The molecule has 70 valence electrons. The van der Waals surface area contributed by atoms with Gasteiger partial charge in [0.25, 0.3) is 0 Å². The summed E-state index contributed by atoms with van der Waals surface area (Å²) in [5, 5.41) is 0. The molecule has 0 aromatic heterocycles. The predicted octanol–water partition coefficient (Wildman–Crippen LogP) is 1.57. The maximum atomic E-state index is 5.64. The van der Waals surface area contributed by atoms with Crippen molar-refractivity contribution in [3.8, 4) is 0 Å². The van der Waals surface area contributed by atoms with Gasteiger partial charge in [-0.3, -0.25) is 0 Å². The first-order valence-corrected chi connectivity index (χ1v) is 4.73. The minimum atomic E-state index is 0.114. The van der Waals surface area contributed by atoms with E-state index < -0.39 is 0 Å². The number of hydrogen-bond acceptors (Lipinski definition) is 2. The molecule has 1 atom stereocenters. The molecule has 0 saturated heterocycles. The highest BCUT2D eigenvalue weighted by Gasteiger charge is 2.19. The van der Waals surface area contributed by atoms with Crippen LogP contribution < -0.4 is 5.73 Å². The van der Waals surface area contributed by atoms with Crippen molar-refractivity contribution in [1.82, 2.24) is 0 Å². The molecule has 0 fully saturated rings. The summed E-state index contributed by atoms with van der Waals surface area (Å²) in [6, 6.07) is 6.35. The summed E-state index contributed by atoms with van der Waals surface area (Å²) >= 11 is 0. The van der Waals surface area contributed by atoms with Crippen molar-refractivity contribution in [3.05, 3.63) is 34.9 Å². The molecule has 1 heterocycles. The number of nitrogens with two attached hydrogens (primary N) is 1. The molecule has 2 N–H and O–H groups in total. The lowest BCUT2D eigenvalue weighted by molar-refractivity contribution is 0.0483. The van der Waals surface area contributed by atoms with E-state index in [4.69, 9.17) is 10.5 Å². The molecule has 0 saturated carbocycles. The number of ether oxygens (including phenoxy) is 1. The first-order valence-electron chi connectivity index (χ1n) is 4.73. The normalized spacial score (nSPS) is 21.2. The molecule has 0 amide bonds. The van der Waals surface area contributed by atoms with Crippen LogP contribution in [0.15, 0.2) is 18.2 Å². The molecule has 2 rings (SSSR count). The van der Waals surface area contributed by atoms with E-state index in [1.807, 2.05) is 0 Å². The molecule has 1 aliphatic heterocycles. The van der Waals surface area contributed by atoms with Crippen LogP contribution in [0.3, 0.4) is 0 Å². The molecule has 0 radical (unpaired) electrons. The number of fused-ring (bicyclic) bond motifs is 1. The summed E-state index contributed by atoms with van der Waals surface area (Å²) in [6.07, 6.45) is 1.14. The molecular weight excluding hydrogens is 162 g/mol. The third-order valence-electron chi connectivity index (χ3n) is 2.68. The Morgan fingerprint density at radius 2 is 2.38 bits per heavy atom. The van der Waals surface area contributed by atoms with Crippen molar-refractivity contribution in [2.45, 2.75) is 19.4 Å². The zero-order valence-corrected chi connectivity index (χ0v) is 7.92. The quantitative estimate of drug-likeness (QED) is 0.706. The second-order valence-electron chi connectivity index (χ2n) is 3.49. The topological polar surface area (TPSA) is 35.2 Å². The maximum absolute atomic E-state index is 5.64. The SMILES string of the molecule is Cc1cccc2c1CCO[C@@H]2CN. The van der Waals surface area contributed by atoms with E-state index in [0.29, 0.717) is 6.54 Å².